The molecular formula is C30H41ClN5O5+. The number of anilines is 1. The molecule has 0 aliphatic carbocycles. The monoisotopic (exact) mass is 586 g/mol. The van der Waals surface area contributed by atoms with Gasteiger partial charge < -0.3 is 34.5 Å². The average molecular weight is 587 g/mol. The van der Waals surface area contributed by atoms with Crippen LogP contribution in [0.4, 0.5) is 5.82 Å². The van der Waals surface area contributed by atoms with Gasteiger partial charge in [-0.2, -0.15) is 4.98 Å². The molecule has 3 aromatic rings. The number of aliphatic hydroxyl groups is 1. The van der Waals surface area contributed by atoms with Gasteiger partial charge in [-0.15, -0.1) is 0 Å². The van der Waals surface area contributed by atoms with E-state index in [1.54, 1.807) is 11.6 Å². The van der Waals surface area contributed by atoms with Gasteiger partial charge in [0.25, 0.3) is 17.7 Å². The highest BCUT2D eigenvalue weighted by Gasteiger charge is 2.24. The zero-order valence-corrected chi connectivity index (χ0v) is 24.8. The number of imidazole rings is 1. The second kappa shape index (κ2) is 15.6. The van der Waals surface area contributed by atoms with Crippen LogP contribution in [0.3, 0.4) is 0 Å². The van der Waals surface area contributed by atoms with Crippen LogP contribution in [0.2, 0.25) is 5.02 Å². The number of benzene rings is 2. The van der Waals surface area contributed by atoms with Crippen molar-refractivity contribution < 1.29 is 23.7 Å². The molecule has 11 heteroatoms. The predicted octanol–water partition coefficient (Wildman–Crippen LogP) is 4.28. The highest BCUT2D eigenvalue weighted by Crippen LogP contribution is 2.25. The Labute approximate surface area is 246 Å². The molecule has 2 aromatic carbocycles. The third-order valence-corrected chi connectivity index (χ3v) is 6.75. The van der Waals surface area contributed by atoms with Gasteiger partial charge in [-0.05, 0) is 56.6 Å². The van der Waals surface area contributed by atoms with Crippen LogP contribution in [0, 0.1) is 0 Å². The van der Waals surface area contributed by atoms with Gasteiger partial charge in [-0.25, -0.2) is 0 Å². The fraction of sp³-hybridized carbons (Fsp3) is 0.467. The fourth-order valence-corrected chi connectivity index (χ4v) is 4.70. The van der Waals surface area contributed by atoms with Crippen molar-refractivity contribution in [1.82, 2.24) is 19.8 Å². The summed E-state index contributed by atoms with van der Waals surface area (Å²) < 4.78 is 23.9. The van der Waals surface area contributed by atoms with Crippen LogP contribution < -0.4 is 15.4 Å². The molecule has 2 heterocycles. The van der Waals surface area contributed by atoms with E-state index in [1.807, 2.05) is 50.5 Å². The van der Waals surface area contributed by atoms with Crippen molar-refractivity contribution >= 4 is 23.3 Å². The number of nitrogens with zero attached hydrogens (tertiary/aromatic N) is 3. The molecule has 1 saturated heterocycles. The minimum atomic E-state index is -0.277. The third kappa shape index (κ3) is 9.36. The van der Waals surface area contributed by atoms with E-state index < -0.39 is 0 Å². The lowest BCUT2D eigenvalue weighted by Crippen LogP contribution is -2.32. The van der Waals surface area contributed by atoms with Crippen molar-refractivity contribution in [3.8, 4) is 11.8 Å². The smallest absolute Gasteiger partial charge is 0.299 e. The molecular weight excluding hydrogens is 546 g/mol. The third-order valence-electron chi connectivity index (χ3n) is 6.49. The van der Waals surface area contributed by atoms with Crippen molar-refractivity contribution in [2.45, 2.75) is 38.6 Å². The maximum Gasteiger partial charge on any atom is 0.299 e. The van der Waals surface area contributed by atoms with Gasteiger partial charge >= 0.3 is 0 Å². The number of ether oxygens (including phenoxy) is 4. The molecule has 10 nitrogen and oxygen atoms in total. The van der Waals surface area contributed by atoms with Crippen LogP contribution >= 0.6 is 11.6 Å². The predicted molar refractivity (Wildman–Crippen MR) is 160 cm³/mol. The van der Waals surface area contributed by atoms with Gasteiger partial charge in [0.1, 0.15) is 0 Å². The number of hydrogen-bond donors (Lipinski definition) is 2. The molecule has 1 amide bonds. The molecule has 0 saturated carbocycles. The zero-order chi connectivity index (χ0) is 29.0. The number of hydrogen-bond acceptors (Lipinski definition) is 7. The minimum Gasteiger partial charge on any atom is -0.580 e. The molecule has 1 aromatic heterocycles. The Morgan fingerprint density at radius 1 is 1.17 bits per heavy atom. The number of carbonyl (C=O) groups excluding carboxylic acids is 1. The van der Waals surface area contributed by atoms with Crippen LogP contribution in [0.15, 0.2) is 48.5 Å². The quantitative estimate of drug-likeness (QED) is 0.202. The van der Waals surface area contributed by atoms with Crippen molar-refractivity contribution in [3.63, 3.8) is 0 Å². The largest absolute Gasteiger partial charge is 0.580 e. The molecule has 0 radical (unpaired) electrons. The van der Waals surface area contributed by atoms with E-state index in [0.717, 1.165) is 37.1 Å². The summed E-state index contributed by atoms with van der Waals surface area (Å²) in [6.07, 6.45) is 2.82. The van der Waals surface area contributed by atoms with Crippen LogP contribution in [0.1, 0.15) is 40.9 Å². The van der Waals surface area contributed by atoms with Crippen molar-refractivity contribution in [1.29, 1.82) is 0 Å². The fourth-order valence-electron chi connectivity index (χ4n) is 4.58. The molecule has 0 spiro atoms. The van der Waals surface area contributed by atoms with E-state index in [1.165, 1.54) is 5.56 Å². The zero-order valence-electron chi connectivity index (χ0n) is 24.1. The van der Waals surface area contributed by atoms with Crippen LogP contribution in [0.25, 0.3) is 0 Å². The Kier molecular flexibility index (Phi) is 11.7. The second-order valence-electron chi connectivity index (χ2n) is 10.1. The molecule has 1 aliphatic heterocycles. The lowest BCUT2D eigenvalue weighted by molar-refractivity contribution is -0.161. The summed E-state index contributed by atoms with van der Waals surface area (Å²) in [4.78, 5) is 20.1. The molecule has 1 aliphatic rings. The number of rotatable bonds is 15. The SMILES string of the molecule is CNc1nc(OCC[OH+]c2cccc(CN(C)C)c2)n(Cc2ccc(Cl)cc2)c1C(=O)NCCOC1CCCCO1. The van der Waals surface area contributed by atoms with Crippen molar-refractivity contribution in [2.24, 2.45) is 0 Å². The number of aromatic hydroxyl groups is 1. The maximum atomic E-state index is 13.4. The summed E-state index contributed by atoms with van der Waals surface area (Å²) >= 11 is 6.10. The highest BCUT2D eigenvalue weighted by molar-refractivity contribution is 6.30. The number of amides is 1. The first kappa shape index (κ1) is 30.6. The van der Waals surface area contributed by atoms with Gasteiger partial charge in [0.15, 0.2) is 24.4 Å². The van der Waals surface area contributed by atoms with E-state index >= 15 is 0 Å². The standard InChI is InChI=1S/C30H40ClN5O5/c1-32-28-27(29(37)33-14-16-40-26-9-4-5-15-39-26)36(21-22-10-12-24(31)13-11-22)30(34-28)41-18-17-38-25-8-6-7-23(19-25)20-35(2)3/h6-8,10-13,19,26,32H,4-5,9,14-18,20-21H2,1-3H3,(H,33,37)/p+1. The first-order valence-electron chi connectivity index (χ1n) is 14.0. The molecule has 0 bridgehead atoms. The van der Waals surface area contributed by atoms with E-state index in [9.17, 15) is 4.79 Å². The summed E-state index contributed by atoms with van der Waals surface area (Å²) in [6.45, 7) is 3.38. The van der Waals surface area contributed by atoms with Crippen LogP contribution in [-0.2, 0) is 22.6 Å². The van der Waals surface area contributed by atoms with E-state index in [0.29, 0.717) is 62.1 Å². The molecule has 1 fully saturated rings. The Morgan fingerprint density at radius 2 is 2.00 bits per heavy atom. The number of carbonyl (C=O) groups is 1. The summed E-state index contributed by atoms with van der Waals surface area (Å²) in [5, 5.41) is 6.63. The Balaban J connectivity index is 1.42. The Bertz CT molecular complexity index is 1240. The summed E-state index contributed by atoms with van der Waals surface area (Å²) in [5.74, 6) is 1.05. The summed E-state index contributed by atoms with van der Waals surface area (Å²) in [5.41, 5.74) is 2.52. The van der Waals surface area contributed by atoms with E-state index in [-0.39, 0.29) is 12.2 Å². The first-order chi connectivity index (χ1) is 19.9. The lowest BCUT2D eigenvalue weighted by Gasteiger charge is -2.22. The number of halogens is 1. The first-order valence-corrected chi connectivity index (χ1v) is 14.4. The van der Waals surface area contributed by atoms with Gasteiger partial charge in [0.05, 0.1) is 13.2 Å². The molecule has 3 N–H and O–H groups in total. The topological polar surface area (TPSA) is 103 Å². The maximum absolute atomic E-state index is 13.4. The normalized spacial score (nSPS) is 15.1. The van der Waals surface area contributed by atoms with Gasteiger partial charge in [0, 0.05) is 43.9 Å². The minimum absolute atomic E-state index is 0.204. The van der Waals surface area contributed by atoms with Crippen LogP contribution in [0.5, 0.6) is 11.8 Å². The highest BCUT2D eigenvalue weighted by atomic mass is 35.5. The second-order valence-corrected chi connectivity index (χ2v) is 10.6. The molecule has 1 unspecified atom stereocenters. The van der Waals surface area contributed by atoms with Crippen molar-refractivity contribution in [3.05, 3.63) is 70.4 Å². The van der Waals surface area contributed by atoms with Gasteiger partial charge in [-0.1, -0.05) is 35.9 Å². The molecule has 4 rings (SSSR count). The molecule has 41 heavy (non-hydrogen) atoms. The summed E-state index contributed by atoms with van der Waals surface area (Å²) in [7, 11) is 5.81. The van der Waals surface area contributed by atoms with Crippen molar-refractivity contribution in [2.75, 3.05) is 59.4 Å². The van der Waals surface area contributed by atoms with E-state index in [4.69, 9.17) is 25.8 Å². The molecule has 1 atom stereocenters. The Morgan fingerprint density at radius 3 is 2.73 bits per heavy atom. The van der Waals surface area contributed by atoms with Crippen LogP contribution in [-0.4, -0.2) is 85.5 Å². The Hall–Kier alpha value is -3.31. The van der Waals surface area contributed by atoms with Gasteiger partial charge in [0.2, 0.25) is 6.61 Å². The average Bonchev–Trinajstić information content (AvgIpc) is 3.32. The summed E-state index contributed by atoms with van der Waals surface area (Å²) in [6, 6.07) is 16.0. The number of nitrogens with one attached hydrogen (secondary N) is 2. The molecule has 222 valence electrons. The van der Waals surface area contributed by atoms with E-state index in [2.05, 4.69) is 37.4 Å². The number of aromatic nitrogens is 2. The lowest BCUT2D eigenvalue weighted by atomic mass is 10.2. The van der Waals surface area contributed by atoms with Gasteiger partial charge in [-0.3, -0.25) is 9.36 Å².